The number of hydrogen-bond acceptors (Lipinski definition) is 5. The maximum absolute atomic E-state index is 12.8. The lowest BCUT2D eigenvalue weighted by Crippen LogP contribution is -2.49. The van der Waals surface area contributed by atoms with Crippen molar-refractivity contribution >= 4 is 29.3 Å². The highest BCUT2D eigenvalue weighted by Crippen LogP contribution is 2.32. The molecule has 28 heavy (non-hydrogen) atoms. The first-order valence-corrected chi connectivity index (χ1v) is 9.45. The van der Waals surface area contributed by atoms with Gasteiger partial charge in [-0.05, 0) is 42.8 Å². The van der Waals surface area contributed by atoms with Crippen molar-refractivity contribution in [3.63, 3.8) is 0 Å². The fourth-order valence-electron chi connectivity index (χ4n) is 2.99. The topological polar surface area (TPSA) is 88.1 Å². The Kier molecular flexibility index (Phi) is 7.53. The quantitative estimate of drug-likeness (QED) is 0.387. The van der Waals surface area contributed by atoms with Gasteiger partial charge in [0.25, 0.3) is 0 Å². The van der Waals surface area contributed by atoms with Gasteiger partial charge in [0.1, 0.15) is 6.61 Å². The maximum atomic E-state index is 12.8. The van der Waals surface area contributed by atoms with Gasteiger partial charge in [-0.25, -0.2) is 9.59 Å². The molecule has 0 unspecified atom stereocenters. The van der Waals surface area contributed by atoms with Crippen molar-refractivity contribution in [3.8, 4) is 0 Å². The van der Waals surface area contributed by atoms with Crippen molar-refractivity contribution < 1.29 is 24.2 Å². The van der Waals surface area contributed by atoms with Gasteiger partial charge in [-0.15, -0.1) is 0 Å². The van der Waals surface area contributed by atoms with Crippen molar-refractivity contribution in [3.05, 3.63) is 46.7 Å². The summed E-state index contributed by atoms with van der Waals surface area (Å²) >= 11 is 5.53. The van der Waals surface area contributed by atoms with Crippen LogP contribution >= 0.6 is 12.2 Å². The van der Waals surface area contributed by atoms with E-state index < -0.39 is 18.0 Å². The lowest BCUT2D eigenvalue weighted by molar-refractivity contribution is -0.140. The van der Waals surface area contributed by atoms with Gasteiger partial charge in [-0.1, -0.05) is 26.0 Å². The van der Waals surface area contributed by atoms with E-state index in [1.165, 1.54) is 19.2 Å². The molecular weight excluding hydrogens is 380 g/mol. The number of carbonyl (C=O) groups excluding carboxylic acids is 1. The minimum absolute atomic E-state index is 0.144. The van der Waals surface area contributed by atoms with Crippen molar-refractivity contribution in [1.82, 2.24) is 10.2 Å². The Hall–Kier alpha value is -2.45. The number of rotatable bonds is 8. The van der Waals surface area contributed by atoms with Crippen LogP contribution in [0.15, 0.2) is 35.5 Å². The highest BCUT2D eigenvalue weighted by Gasteiger charge is 2.35. The Labute approximate surface area is 170 Å². The number of esters is 1. The van der Waals surface area contributed by atoms with Crippen LogP contribution in [0.25, 0.3) is 0 Å². The number of hydrogen-bond donors (Lipinski definition) is 2. The van der Waals surface area contributed by atoms with Gasteiger partial charge in [0.2, 0.25) is 0 Å². The summed E-state index contributed by atoms with van der Waals surface area (Å²) in [7, 11) is 1.54. The number of carboxylic acids is 1. The second-order valence-corrected chi connectivity index (χ2v) is 7.33. The summed E-state index contributed by atoms with van der Waals surface area (Å²) in [5.74, 6) is -1.12. The summed E-state index contributed by atoms with van der Waals surface area (Å²) in [4.78, 5) is 25.9. The number of ether oxygens (including phenoxy) is 2. The lowest BCUT2D eigenvalue weighted by atomic mass is 9.94. The third-order valence-electron chi connectivity index (χ3n) is 4.38. The summed E-state index contributed by atoms with van der Waals surface area (Å²) < 4.78 is 10.3. The van der Waals surface area contributed by atoms with Crippen molar-refractivity contribution in [1.29, 1.82) is 0 Å². The van der Waals surface area contributed by atoms with E-state index >= 15 is 0 Å². The molecule has 0 radical (unpaired) electrons. The van der Waals surface area contributed by atoms with Crippen LogP contribution in [-0.4, -0.2) is 53.9 Å². The largest absolute Gasteiger partial charge is 0.478 e. The van der Waals surface area contributed by atoms with Crippen molar-refractivity contribution in [2.45, 2.75) is 26.8 Å². The number of aromatic carboxylic acids is 1. The third kappa shape index (κ3) is 5.08. The highest BCUT2D eigenvalue weighted by molar-refractivity contribution is 7.80. The zero-order valence-corrected chi connectivity index (χ0v) is 17.3. The first kappa shape index (κ1) is 21.8. The molecule has 1 aliphatic heterocycles. The van der Waals surface area contributed by atoms with E-state index in [-0.39, 0.29) is 12.2 Å². The van der Waals surface area contributed by atoms with E-state index in [2.05, 4.69) is 19.2 Å². The summed E-state index contributed by atoms with van der Waals surface area (Å²) in [5.41, 5.74) is 2.09. The second-order valence-electron chi connectivity index (χ2n) is 6.94. The predicted octanol–water partition coefficient (Wildman–Crippen LogP) is 2.74. The Bertz CT molecular complexity index is 773. The summed E-state index contributed by atoms with van der Waals surface area (Å²) in [6.07, 6.45) is 0. The Morgan fingerprint density at radius 3 is 2.43 bits per heavy atom. The number of thiocarbonyl (C=S) groups is 1. The molecule has 1 atom stereocenters. The second kappa shape index (κ2) is 9.66. The molecule has 0 aliphatic carbocycles. The fourth-order valence-corrected chi connectivity index (χ4v) is 3.32. The van der Waals surface area contributed by atoms with E-state index in [0.717, 1.165) is 11.3 Å². The molecule has 1 aromatic carbocycles. The number of allylic oxidation sites excluding steroid dienone is 1. The number of nitrogens with one attached hydrogen (secondary N) is 1. The van der Waals surface area contributed by atoms with Crippen LogP contribution in [0.3, 0.4) is 0 Å². The number of carboxylic acid groups (broad SMARTS) is 1. The molecule has 7 nitrogen and oxygen atoms in total. The molecule has 0 aromatic heterocycles. The number of carbonyl (C=O) groups is 2. The van der Waals surface area contributed by atoms with Gasteiger partial charge in [-0.2, -0.15) is 0 Å². The Morgan fingerprint density at radius 2 is 1.89 bits per heavy atom. The van der Waals surface area contributed by atoms with Gasteiger partial charge in [-0.3, -0.25) is 0 Å². The molecule has 1 aromatic rings. The van der Waals surface area contributed by atoms with E-state index in [4.69, 9.17) is 26.8 Å². The molecule has 1 aliphatic rings. The van der Waals surface area contributed by atoms with Gasteiger partial charge in [0.05, 0.1) is 23.8 Å². The molecule has 0 saturated carbocycles. The molecule has 152 valence electrons. The molecule has 8 heteroatoms. The summed E-state index contributed by atoms with van der Waals surface area (Å²) in [5, 5.41) is 12.8. The van der Waals surface area contributed by atoms with E-state index in [0.29, 0.717) is 29.8 Å². The minimum Gasteiger partial charge on any atom is -0.478 e. The number of benzene rings is 1. The smallest absolute Gasteiger partial charge is 0.338 e. The average Bonchev–Trinajstić information content (AvgIpc) is 2.64. The highest BCUT2D eigenvalue weighted by atomic mass is 32.1. The third-order valence-corrected chi connectivity index (χ3v) is 4.71. The summed E-state index contributed by atoms with van der Waals surface area (Å²) in [6, 6.07) is 5.85. The lowest BCUT2D eigenvalue weighted by Gasteiger charge is -2.38. The van der Waals surface area contributed by atoms with E-state index in [1.807, 2.05) is 11.8 Å². The predicted molar refractivity (Wildman–Crippen MR) is 109 cm³/mol. The zero-order chi connectivity index (χ0) is 20.8. The van der Waals surface area contributed by atoms with Crippen LogP contribution in [0.1, 0.15) is 42.7 Å². The van der Waals surface area contributed by atoms with Crippen LogP contribution in [0, 0.1) is 5.92 Å². The molecule has 0 spiro atoms. The van der Waals surface area contributed by atoms with Crippen LogP contribution in [0.5, 0.6) is 0 Å². The Morgan fingerprint density at radius 1 is 1.25 bits per heavy atom. The van der Waals surface area contributed by atoms with Gasteiger partial charge in [0, 0.05) is 19.4 Å². The van der Waals surface area contributed by atoms with Crippen molar-refractivity contribution in [2.24, 2.45) is 5.92 Å². The molecule has 0 fully saturated rings. The fraction of sp³-hybridized carbons (Fsp3) is 0.450. The standard InChI is InChI=1S/C20H26N2O5S/c1-12(2)11-22-13(3)16(19(25)27-10-9-26-4)17(21-20(22)28)14-5-7-15(8-6-14)18(23)24/h5-8,12,17H,9-11H2,1-4H3,(H,21,28)(H,23,24)/t17-/m1/s1. The van der Waals surface area contributed by atoms with Gasteiger partial charge in [0.15, 0.2) is 5.11 Å². The number of methoxy groups -OCH3 is 1. The van der Waals surface area contributed by atoms with Gasteiger partial charge < -0.3 is 24.8 Å². The number of nitrogens with zero attached hydrogens (tertiary/aromatic N) is 1. The van der Waals surface area contributed by atoms with E-state index in [1.54, 1.807) is 12.1 Å². The molecule has 0 bridgehead atoms. The minimum atomic E-state index is -1.01. The molecule has 2 N–H and O–H groups in total. The molecule has 1 heterocycles. The average molecular weight is 407 g/mol. The van der Waals surface area contributed by atoms with Crippen molar-refractivity contribution in [2.75, 3.05) is 26.9 Å². The first-order valence-electron chi connectivity index (χ1n) is 9.04. The molecular formula is C20H26N2O5S. The van der Waals surface area contributed by atoms with Crippen LogP contribution in [0.2, 0.25) is 0 Å². The van der Waals surface area contributed by atoms with Crippen LogP contribution in [-0.2, 0) is 14.3 Å². The zero-order valence-electron chi connectivity index (χ0n) is 16.5. The first-order chi connectivity index (χ1) is 13.3. The van der Waals surface area contributed by atoms with Gasteiger partial charge >= 0.3 is 11.9 Å². The monoisotopic (exact) mass is 406 g/mol. The summed E-state index contributed by atoms with van der Waals surface area (Å²) in [6.45, 7) is 7.10. The SMILES string of the molecule is COCCOC(=O)C1=C(C)N(CC(C)C)C(=S)N[C@@H]1c1ccc(C(=O)O)cc1. The van der Waals surface area contributed by atoms with E-state index in [9.17, 15) is 9.59 Å². The Balaban J connectivity index is 2.43. The molecule has 0 amide bonds. The normalized spacial score (nSPS) is 17.0. The molecule has 2 rings (SSSR count). The molecule has 0 saturated heterocycles. The maximum Gasteiger partial charge on any atom is 0.338 e. The van der Waals surface area contributed by atoms with Crippen LogP contribution < -0.4 is 5.32 Å². The van der Waals surface area contributed by atoms with Crippen LogP contribution in [0.4, 0.5) is 0 Å².